The van der Waals surface area contributed by atoms with E-state index in [1.54, 1.807) is 6.07 Å². The van der Waals surface area contributed by atoms with Crippen LogP contribution in [0.15, 0.2) is 46.5 Å². The quantitative estimate of drug-likeness (QED) is 0.796. The average molecular weight is 228 g/mol. The topological polar surface area (TPSA) is 75.6 Å². The van der Waals surface area contributed by atoms with Crippen molar-refractivity contribution in [3.63, 3.8) is 0 Å². The number of benzene rings is 1. The Hall–Kier alpha value is -2.06. The third-order valence-corrected chi connectivity index (χ3v) is 3.02. The van der Waals surface area contributed by atoms with Crippen molar-refractivity contribution in [1.82, 2.24) is 10.2 Å². The summed E-state index contributed by atoms with van der Waals surface area (Å²) in [5.74, 6) is 0. The Kier molecular flexibility index (Phi) is 3.03. The van der Waals surface area contributed by atoms with Crippen molar-refractivity contribution >= 4 is 17.4 Å². The van der Waals surface area contributed by atoms with E-state index < -0.39 is 0 Å². The van der Waals surface area contributed by atoms with E-state index in [0.29, 0.717) is 16.3 Å². The number of para-hydroxylation sites is 1. The number of nitrogen functional groups attached to an aromatic ring is 1. The monoisotopic (exact) mass is 228 g/mol. The Morgan fingerprint density at radius 2 is 2.06 bits per heavy atom. The molecule has 2 aromatic rings. The summed E-state index contributed by atoms with van der Waals surface area (Å²) in [6.07, 6.45) is 1.50. The van der Waals surface area contributed by atoms with Crippen molar-refractivity contribution in [1.29, 1.82) is 5.26 Å². The maximum Gasteiger partial charge on any atom is 0.141 e. The molecule has 2 N–H and O–H groups in total. The molecular weight excluding hydrogens is 220 g/mol. The summed E-state index contributed by atoms with van der Waals surface area (Å²) in [6.45, 7) is 0. The molecule has 0 aliphatic rings. The minimum absolute atomic E-state index is 0.503. The maximum atomic E-state index is 8.90. The van der Waals surface area contributed by atoms with Gasteiger partial charge in [-0.05, 0) is 18.2 Å². The highest BCUT2D eigenvalue weighted by Crippen LogP contribution is 2.31. The fourth-order valence-corrected chi connectivity index (χ4v) is 2.01. The zero-order valence-electron chi connectivity index (χ0n) is 8.29. The number of rotatable bonds is 2. The SMILES string of the molecule is N#Cc1ccnnc1Sc1ccccc1N. The number of hydrogen-bond acceptors (Lipinski definition) is 5. The number of aromatic nitrogens is 2. The summed E-state index contributed by atoms with van der Waals surface area (Å²) >= 11 is 1.34. The molecule has 0 atom stereocenters. The molecular formula is C11H8N4S. The van der Waals surface area contributed by atoms with E-state index in [1.807, 2.05) is 24.3 Å². The smallest absolute Gasteiger partial charge is 0.141 e. The summed E-state index contributed by atoms with van der Waals surface area (Å²) in [6, 6.07) is 11.2. The van der Waals surface area contributed by atoms with E-state index in [0.717, 1.165) is 4.90 Å². The molecule has 0 fully saturated rings. The Bertz CT molecular complexity index is 548. The molecule has 0 radical (unpaired) electrons. The van der Waals surface area contributed by atoms with E-state index in [4.69, 9.17) is 11.0 Å². The number of nitrogens with two attached hydrogens (primary N) is 1. The summed E-state index contributed by atoms with van der Waals surface area (Å²) in [5, 5.41) is 17.2. The third kappa shape index (κ3) is 2.12. The van der Waals surface area contributed by atoms with Crippen LogP contribution in [0.25, 0.3) is 0 Å². The Morgan fingerprint density at radius 1 is 1.25 bits per heavy atom. The van der Waals surface area contributed by atoms with Crippen LogP contribution in [0.5, 0.6) is 0 Å². The van der Waals surface area contributed by atoms with E-state index >= 15 is 0 Å². The molecule has 0 saturated heterocycles. The van der Waals surface area contributed by atoms with Crippen molar-refractivity contribution in [3.8, 4) is 6.07 Å². The second kappa shape index (κ2) is 4.64. The molecule has 1 heterocycles. The maximum absolute atomic E-state index is 8.90. The van der Waals surface area contributed by atoms with Crippen LogP contribution in [0.3, 0.4) is 0 Å². The van der Waals surface area contributed by atoms with Gasteiger partial charge in [-0.3, -0.25) is 0 Å². The molecule has 4 nitrogen and oxygen atoms in total. The molecule has 0 saturated carbocycles. The van der Waals surface area contributed by atoms with Gasteiger partial charge in [0.2, 0.25) is 0 Å². The lowest BCUT2D eigenvalue weighted by atomic mass is 10.3. The molecule has 1 aromatic carbocycles. The first-order chi connectivity index (χ1) is 7.81. The van der Waals surface area contributed by atoms with Crippen molar-refractivity contribution in [2.24, 2.45) is 0 Å². The van der Waals surface area contributed by atoms with Crippen molar-refractivity contribution in [3.05, 3.63) is 42.1 Å². The largest absolute Gasteiger partial charge is 0.398 e. The first-order valence-electron chi connectivity index (χ1n) is 4.55. The number of hydrogen-bond donors (Lipinski definition) is 1. The summed E-state index contributed by atoms with van der Waals surface area (Å²) in [5.41, 5.74) is 6.98. The van der Waals surface area contributed by atoms with Gasteiger partial charge in [0.25, 0.3) is 0 Å². The zero-order chi connectivity index (χ0) is 11.4. The van der Waals surface area contributed by atoms with Crippen LogP contribution >= 0.6 is 11.8 Å². The van der Waals surface area contributed by atoms with Crippen molar-refractivity contribution in [2.45, 2.75) is 9.92 Å². The second-order valence-corrected chi connectivity index (χ2v) is 4.03. The number of nitriles is 1. The van der Waals surface area contributed by atoms with E-state index in [9.17, 15) is 0 Å². The lowest BCUT2D eigenvalue weighted by Crippen LogP contribution is -1.91. The molecule has 0 amide bonds. The minimum atomic E-state index is 0.503. The molecule has 78 valence electrons. The molecule has 0 aliphatic carbocycles. The molecule has 0 bridgehead atoms. The number of anilines is 1. The van der Waals surface area contributed by atoms with Gasteiger partial charge in [-0.25, -0.2) is 0 Å². The molecule has 0 aliphatic heterocycles. The van der Waals surface area contributed by atoms with Crippen LogP contribution in [0.2, 0.25) is 0 Å². The van der Waals surface area contributed by atoms with Gasteiger partial charge in [0, 0.05) is 10.6 Å². The van der Waals surface area contributed by atoms with Crippen LogP contribution in [0, 0.1) is 11.3 Å². The van der Waals surface area contributed by atoms with Gasteiger partial charge >= 0.3 is 0 Å². The van der Waals surface area contributed by atoms with Gasteiger partial charge in [-0.1, -0.05) is 23.9 Å². The molecule has 1 aromatic heterocycles. The van der Waals surface area contributed by atoms with Gasteiger partial charge in [0.1, 0.15) is 11.1 Å². The zero-order valence-corrected chi connectivity index (χ0v) is 9.11. The molecule has 16 heavy (non-hydrogen) atoms. The first-order valence-corrected chi connectivity index (χ1v) is 5.37. The summed E-state index contributed by atoms with van der Waals surface area (Å²) in [7, 11) is 0. The molecule has 0 spiro atoms. The third-order valence-electron chi connectivity index (χ3n) is 1.93. The highest BCUT2D eigenvalue weighted by molar-refractivity contribution is 7.99. The van der Waals surface area contributed by atoms with Crippen LogP contribution in [-0.4, -0.2) is 10.2 Å². The van der Waals surface area contributed by atoms with Gasteiger partial charge in [-0.2, -0.15) is 10.4 Å². The lowest BCUT2D eigenvalue weighted by molar-refractivity contribution is 0.920. The van der Waals surface area contributed by atoms with E-state index in [-0.39, 0.29) is 0 Å². The lowest BCUT2D eigenvalue weighted by Gasteiger charge is -2.04. The van der Waals surface area contributed by atoms with Crippen LogP contribution in [0.1, 0.15) is 5.56 Å². The fourth-order valence-electron chi connectivity index (χ4n) is 1.16. The van der Waals surface area contributed by atoms with E-state index in [2.05, 4.69) is 16.3 Å². The molecule has 0 unspecified atom stereocenters. The van der Waals surface area contributed by atoms with Crippen molar-refractivity contribution in [2.75, 3.05) is 5.73 Å². The minimum Gasteiger partial charge on any atom is -0.398 e. The van der Waals surface area contributed by atoms with Crippen LogP contribution in [-0.2, 0) is 0 Å². The Balaban J connectivity index is 2.35. The second-order valence-electron chi connectivity index (χ2n) is 3.00. The van der Waals surface area contributed by atoms with E-state index in [1.165, 1.54) is 18.0 Å². The average Bonchev–Trinajstić information content (AvgIpc) is 2.33. The molecule has 5 heteroatoms. The first kappa shape index (κ1) is 10.5. The summed E-state index contributed by atoms with van der Waals surface area (Å²) < 4.78 is 0. The van der Waals surface area contributed by atoms with Crippen LogP contribution in [0.4, 0.5) is 5.69 Å². The van der Waals surface area contributed by atoms with Crippen molar-refractivity contribution < 1.29 is 0 Å². The molecule has 2 rings (SSSR count). The Labute approximate surface area is 97.1 Å². The van der Waals surface area contributed by atoms with Gasteiger partial charge < -0.3 is 5.73 Å². The Morgan fingerprint density at radius 3 is 2.81 bits per heavy atom. The van der Waals surface area contributed by atoms with Gasteiger partial charge in [0.15, 0.2) is 0 Å². The number of nitrogens with zero attached hydrogens (tertiary/aromatic N) is 3. The predicted octanol–water partition coefficient (Wildman–Crippen LogP) is 2.08. The summed E-state index contributed by atoms with van der Waals surface area (Å²) in [4.78, 5) is 0.875. The highest BCUT2D eigenvalue weighted by atomic mass is 32.2. The van der Waals surface area contributed by atoms with Gasteiger partial charge in [-0.15, -0.1) is 5.10 Å². The van der Waals surface area contributed by atoms with Crippen LogP contribution < -0.4 is 5.73 Å². The predicted molar refractivity (Wildman–Crippen MR) is 61.7 cm³/mol. The van der Waals surface area contributed by atoms with Gasteiger partial charge in [0.05, 0.1) is 11.8 Å². The normalized spacial score (nSPS) is 9.69. The standard InChI is InChI=1S/C11H8N4S/c12-7-8-5-6-14-15-11(8)16-10-4-2-1-3-9(10)13/h1-6H,13H2. The highest BCUT2D eigenvalue weighted by Gasteiger charge is 2.07. The fraction of sp³-hybridized carbons (Fsp3) is 0.